The van der Waals surface area contributed by atoms with E-state index < -0.39 is 11.9 Å². The van der Waals surface area contributed by atoms with Crippen molar-refractivity contribution in [2.75, 3.05) is 6.61 Å². The summed E-state index contributed by atoms with van der Waals surface area (Å²) in [6, 6.07) is 14.0. The predicted octanol–water partition coefficient (Wildman–Crippen LogP) is 3.23. The monoisotopic (exact) mass is 366 g/mol. The number of hydrogen-bond donors (Lipinski definition) is 1. The number of hydrogen-bond acceptors (Lipinski definition) is 5. The minimum atomic E-state index is -0.734. The van der Waals surface area contributed by atoms with Gasteiger partial charge in [-0.2, -0.15) is 5.10 Å². The summed E-state index contributed by atoms with van der Waals surface area (Å²) in [6.45, 7) is 5.58. The topological polar surface area (TPSA) is 84.8 Å². The molecule has 6 nitrogen and oxygen atoms in total. The van der Waals surface area contributed by atoms with Gasteiger partial charge in [-0.1, -0.05) is 47.5 Å². The summed E-state index contributed by atoms with van der Waals surface area (Å²) < 4.78 is 4.94. The van der Waals surface area contributed by atoms with Gasteiger partial charge in [-0.15, -0.1) is 0 Å². The first-order valence-electron chi connectivity index (χ1n) is 8.61. The molecule has 27 heavy (non-hydrogen) atoms. The van der Waals surface area contributed by atoms with E-state index in [0.29, 0.717) is 11.1 Å². The lowest BCUT2D eigenvalue weighted by molar-refractivity contribution is -0.135. The van der Waals surface area contributed by atoms with Crippen LogP contribution in [-0.4, -0.2) is 30.0 Å². The smallest absolute Gasteiger partial charge is 0.354 e. The van der Waals surface area contributed by atoms with Gasteiger partial charge in [0.1, 0.15) is 0 Å². The number of hydrazone groups is 1. The minimum absolute atomic E-state index is 0.141. The molecule has 2 aromatic carbocycles. The summed E-state index contributed by atoms with van der Waals surface area (Å²) in [5.74, 6) is -1.49. The van der Waals surface area contributed by atoms with Gasteiger partial charge in [0.25, 0.3) is 5.91 Å². The number of nitrogens with zero attached hydrogens (tertiary/aromatic N) is 1. The molecule has 0 unspecified atom stereocenters. The molecule has 0 atom stereocenters. The highest BCUT2D eigenvalue weighted by atomic mass is 16.5. The van der Waals surface area contributed by atoms with Crippen molar-refractivity contribution in [2.45, 2.75) is 27.2 Å². The van der Waals surface area contributed by atoms with Crippen LogP contribution in [0.1, 0.15) is 45.2 Å². The van der Waals surface area contributed by atoms with Crippen LogP contribution in [0.4, 0.5) is 0 Å². The maximum absolute atomic E-state index is 12.4. The lowest BCUT2D eigenvalue weighted by Crippen LogP contribution is -2.27. The van der Waals surface area contributed by atoms with Crippen molar-refractivity contribution in [2.24, 2.45) is 5.10 Å². The molecular formula is C21H22N2O4. The highest BCUT2D eigenvalue weighted by Crippen LogP contribution is 2.08. The van der Waals surface area contributed by atoms with Crippen LogP contribution in [0, 0.1) is 13.8 Å². The highest BCUT2D eigenvalue weighted by Gasteiger charge is 2.19. The molecule has 1 amide bonds. The number of esters is 1. The van der Waals surface area contributed by atoms with Gasteiger partial charge in [-0.25, -0.2) is 10.2 Å². The van der Waals surface area contributed by atoms with E-state index in [1.807, 2.05) is 32.0 Å². The molecule has 1 N–H and O–H groups in total. The first-order chi connectivity index (χ1) is 12.9. The molecule has 0 radical (unpaired) electrons. The third-order valence-corrected chi connectivity index (χ3v) is 3.79. The second-order valence-electron chi connectivity index (χ2n) is 6.06. The Hall–Kier alpha value is -3.28. The van der Waals surface area contributed by atoms with Gasteiger partial charge in [-0.3, -0.25) is 9.59 Å². The maximum atomic E-state index is 12.4. The number of Topliss-reactive ketones (excluding diaryl/α,β-unsaturated/α-hetero) is 1. The second-order valence-corrected chi connectivity index (χ2v) is 6.06. The Morgan fingerprint density at radius 3 is 2.30 bits per heavy atom. The molecule has 0 spiro atoms. The van der Waals surface area contributed by atoms with Crippen LogP contribution in [-0.2, 0) is 9.53 Å². The molecule has 6 heteroatoms. The largest absolute Gasteiger partial charge is 0.461 e. The Morgan fingerprint density at radius 1 is 0.963 bits per heavy atom. The van der Waals surface area contributed by atoms with Crippen molar-refractivity contribution in [3.63, 3.8) is 0 Å². The third kappa shape index (κ3) is 5.88. The third-order valence-electron chi connectivity index (χ3n) is 3.79. The van der Waals surface area contributed by atoms with Gasteiger partial charge in [0.15, 0.2) is 11.5 Å². The van der Waals surface area contributed by atoms with Crippen molar-refractivity contribution in [3.8, 4) is 0 Å². The number of benzene rings is 2. The van der Waals surface area contributed by atoms with Crippen molar-refractivity contribution < 1.29 is 19.1 Å². The summed E-state index contributed by atoms with van der Waals surface area (Å²) in [6.07, 6.45) is -0.268. The molecule has 140 valence electrons. The van der Waals surface area contributed by atoms with E-state index in [1.165, 1.54) is 0 Å². The van der Waals surface area contributed by atoms with Crippen LogP contribution in [0.25, 0.3) is 0 Å². The fourth-order valence-electron chi connectivity index (χ4n) is 2.33. The van der Waals surface area contributed by atoms with E-state index in [1.54, 1.807) is 37.3 Å². The van der Waals surface area contributed by atoms with E-state index in [4.69, 9.17) is 4.74 Å². The van der Waals surface area contributed by atoms with Gasteiger partial charge in [0.2, 0.25) is 0 Å². The normalized spacial score (nSPS) is 11.0. The summed E-state index contributed by atoms with van der Waals surface area (Å²) in [4.78, 5) is 36.8. The highest BCUT2D eigenvalue weighted by molar-refractivity contribution is 6.40. The Balaban J connectivity index is 2.16. The Kier molecular flexibility index (Phi) is 7.00. The molecule has 0 bridgehead atoms. The summed E-state index contributed by atoms with van der Waals surface area (Å²) in [7, 11) is 0. The SMILES string of the molecule is CCOC(=O)C(CC(=O)c1ccc(C)cc1)=NNC(=O)c1cccc(C)c1. The van der Waals surface area contributed by atoms with Crippen LogP contribution in [0.2, 0.25) is 0 Å². The number of ketones is 1. The Morgan fingerprint density at radius 2 is 1.67 bits per heavy atom. The number of carbonyl (C=O) groups is 3. The summed E-state index contributed by atoms with van der Waals surface area (Å²) in [5, 5.41) is 3.85. The molecule has 2 aromatic rings. The van der Waals surface area contributed by atoms with Crippen LogP contribution < -0.4 is 5.43 Å². The van der Waals surface area contributed by atoms with E-state index in [0.717, 1.165) is 11.1 Å². The molecule has 0 aliphatic rings. The average Bonchev–Trinajstić information content (AvgIpc) is 2.65. The van der Waals surface area contributed by atoms with Gasteiger partial charge in [0, 0.05) is 11.1 Å². The molecular weight excluding hydrogens is 344 g/mol. The Labute approximate surface area is 158 Å². The van der Waals surface area contributed by atoms with Crippen molar-refractivity contribution in [1.29, 1.82) is 0 Å². The molecule has 0 heterocycles. The number of carbonyl (C=O) groups excluding carboxylic acids is 3. The lowest BCUT2D eigenvalue weighted by Gasteiger charge is -2.07. The molecule has 0 aliphatic heterocycles. The van der Waals surface area contributed by atoms with Crippen molar-refractivity contribution in [3.05, 3.63) is 70.8 Å². The zero-order valence-corrected chi connectivity index (χ0v) is 15.6. The zero-order valence-electron chi connectivity index (χ0n) is 15.6. The molecule has 0 saturated heterocycles. The average molecular weight is 366 g/mol. The number of nitrogens with one attached hydrogen (secondary N) is 1. The number of aryl methyl sites for hydroxylation is 2. The quantitative estimate of drug-likeness (QED) is 0.353. The van der Waals surface area contributed by atoms with Crippen LogP contribution >= 0.6 is 0 Å². The first kappa shape index (κ1) is 20.0. The zero-order chi connectivity index (χ0) is 19.8. The van der Waals surface area contributed by atoms with E-state index in [2.05, 4.69) is 10.5 Å². The fraction of sp³-hybridized carbons (Fsp3) is 0.238. The molecule has 2 rings (SSSR count). The lowest BCUT2D eigenvalue weighted by atomic mass is 10.0. The van der Waals surface area contributed by atoms with E-state index >= 15 is 0 Å². The van der Waals surface area contributed by atoms with E-state index in [9.17, 15) is 14.4 Å². The predicted molar refractivity (Wildman–Crippen MR) is 103 cm³/mol. The van der Waals surface area contributed by atoms with E-state index in [-0.39, 0.29) is 24.5 Å². The number of amides is 1. The molecule has 0 aliphatic carbocycles. The van der Waals surface area contributed by atoms with Gasteiger partial charge in [0.05, 0.1) is 13.0 Å². The summed E-state index contributed by atoms with van der Waals surface area (Å²) >= 11 is 0. The van der Waals surface area contributed by atoms with Crippen LogP contribution in [0.15, 0.2) is 53.6 Å². The van der Waals surface area contributed by atoms with Crippen molar-refractivity contribution >= 4 is 23.4 Å². The minimum Gasteiger partial charge on any atom is -0.461 e. The van der Waals surface area contributed by atoms with Crippen LogP contribution in [0.5, 0.6) is 0 Å². The maximum Gasteiger partial charge on any atom is 0.354 e. The van der Waals surface area contributed by atoms with Crippen LogP contribution in [0.3, 0.4) is 0 Å². The molecule has 0 aromatic heterocycles. The van der Waals surface area contributed by atoms with Crippen molar-refractivity contribution in [1.82, 2.24) is 5.43 Å². The number of ether oxygens (including phenoxy) is 1. The Bertz CT molecular complexity index is 870. The first-order valence-corrected chi connectivity index (χ1v) is 8.61. The van der Waals surface area contributed by atoms with Gasteiger partial charge in [-0.05, 0) is 32.9 Å². The van der Waals surface area contributed by atoms with Gasteiger partial charge < -0.3 is 4.74 Å². The second kappa shape index (κ2) is 9.43. The van der Waals surface area contributed by atoms with Gasteiger partial charge >= 0.3 is 5.97 Å². The number of rotatable bonds is 7. The molecule has 0 fully saturated rings. The summed E-state index contributed by atoms with van der Waals surface area (Å²) in [5.41, 5.74) is 5.00. The standard InChI is InChI=1S/C21H22N2O4/c1-4-27-21(26)18(13-19(24)16-10-8-14(2)9-11-16)22-23-20(25)17-7-5-6-15(3)12-17/h5-12H,4,13H2,1-3H3,(H,23,25). The fourth-order valence-corrected chi connectivity index (χ4v) is 2.33. The molecule has 0 saturated carbocycles.